The average molecular weight is 1440 g/mol. The number of hydrogen-bond acceptors (Lipinski definition) is 15. The third-order valence-electron chi connectivity index (χ3n) is 18.7. The molecule has 0 spiro atoms. The molecule has 0 saturated carbocycles. The maximum absolute atomic E-state index is 13.1. The van der Waals surface area contributed by atoms with Crippen molar-refractivity contribution >= 4 is 39.5 Å². The number of carbonyl (C=O) groups is 4. The normalized spacial score (nSPS) is 14.3. The van der Waals surface area contributed by atoms with E-state index >= 15 is 0 Å². The predicted molar refractivity (Wildman–Crippen MR) is 400 cm³/mol. The molecule has 0 amide bonds. The summed E-state index contributed by atoms with van der Waals surface area (Å²) in [6.07, 6.45) is 54.3. The zero-order chi connectivity index (χ0) is 72.4. The van der Waals surface area contributed by atoms with Crippen molar-refractivity contribution < 1.29 is 80.2 Å². The van der Waals surface area contributed by atoms with Crippen molar-refractivity contribution in [1.29, 1.82) is 0 Å². The monoisotopic (exact) mass is 1440 g/mol. The molecule has 0 bridgehead atoms. The Morgan fingerprint density at radius 3 is 0.724 bits per heavy atom. The van der Waals surface area contributed by atoms with E-state index in [1.165, 1.54) is 199 Å². The Hall–Kier alpha value is -1.94. The van der Waals surface area contributed by atoms with Crippen LogP contribution < -0.4 is 0 Å². The van der Waals surface area contributed by atoms with Crippen LogP contribution in [0.4, 0.5) is 0 Å². The number of unbranched alkanes of at least 4 members (excludes halogenated alkanes) is 41. The van der Waals surface area contributed by atoms with Crippen molar-refractivity contribution in [3.8, 4) is 0 Å². The third kappa shape index (κ3) is 71.1. The number of ether oxygens (including phenoxy) is 4. The van der Waals surface area contributed by atoms with E-state index < -0.39 is 97.5 Å². The number of esters is 4. The van der Waals surface area contributed by atoms with Crippen LogP contribution in [0.2, 0.25) is 0 Å². The number of hydrogen-bond donors (Lipinski definition) is 3. The first-order valence-electron chi connectivity index (χ1n) is 40.7. The van der Waals surface area contributed by atoms with Gasteiger partial charge in [0.15, 0.2) is 12.2 Å². The molecule has 3 N–H and O–H groups in total. The van der Waals surface area contributed by atoms with E-state index in [1.54, 1.807) is 0 Å². The summed E-state index contributed by atoms with van der Waals surface area (Å²) in [5.41, 5.74) is 0. The van der Waals surface area contributed by atoms with Crippen LogP contribution >= 0.6 is 15.6 Å². The first kappa shape index (κ1) is 96.1. The Bertz CT molecular complexity index is 1920. The van der Waals surface area contributed by atoms with Crippen molar-refractivity contribution in [3.63, 3.8) is 0 Å². The van der Waals surface area contributed by atoms with Gasteiger partial charge < -0.3 is 33.8 Å². The maximum atomic E-state index is 13.1. The maximum Gasteiger partial charge on any atom is 0.472 e. The molecule has 19 heteroatoms. The van der Waals surface area contributed by atoms with Gasteiger partial charge in [-0.05, 0) is 49.4 Å². The zero-order valence-corrected chi connectivity index (χ0v) is 66.2. The highest BCUT2D eigenvalue weighted by Crippen LogP contribution is 2.45. The molecule has 0 aliphatic rings. The molecule has 0 aliphatic heterocycles. The predicted octanol–water partition coefficient (Wildman–Crippen LogP) is 23.2. The second-order valence-corrected chi connectivity index (χ2v) is 33.0. The zero-order valence-electron chi connectivity index (χ0n) is 64.4. The van der Waals surface area contributed by atoms with E-state index in [-0.39, 0.29) is 25.7 Å². The second-order valence-electron chi connectivity index (χ2n) is 30.1. The number of phosphoric acid groups is 2. The fourth-order valence-corrected chi connectivity index (χ4v) is 13.6. The van der Waals surface area contributed by atoms with Crippen LogP contribution in [0, 0.1) is 23.7 Å². The summed E-state index contributed by atoms with van der Waals surface area (Å²) >= 11 is 0. The van der Waals surface area contributed by atoms with Gasteiger partial charge in [-0.15, -0.1) is 0 Å². The minimum Gasteiger partial charge on any atom is -0.462 e. The third-order valence-corrected chi connectivity index (χ3v) is 20.6. The molecule has 0 aliphatic carbocycles. The first-order valence-corrected chi connectivity index (χ1v) is 43.7. The van der Waals surface area contributed by atoms with E-state index in [1.807, 2.05) is 0 Å². The molecule has 0 aromatic heterocycles. The van der Waals surface area contributed by atoms with Gasteiger partial charge in [-0.3, -0.25) is 37.3 Å². The van der Waals surface area contributed by atoms with Crippen LogP contribution in [0.25, 0.3) is 0 Å². The minimum absolute atomic E-state index is 0.105. The lowest BCUT2D eigenvalue weighted by Crippen LogP contribution is -2.30. The van der Waals surface area contributed by atoms with Crippen molar-refractivity contribution in [2.75, 3.05) is 39.6 Å². The Labute approximate surface area is 600 Å². The molecule has 0 saturated heterocycles. The van der Waals surface area contributed by atoms with Crippen LogP contribution in [-0.4, -0.2) is 96.7 Å². The number of rotatable bonds is 76. The molecule has 98 heavy (non-hydrogen) atoms. The highest BCUT2D eigenvalue weighted by Gasteiger charge is 2.30. The van der Waals surface area contributed by atoms with Gasteiger partial charge in [-0.2, -0.15) is 0 Å². The van der Waals surface area contributed by atoms with E-state index in [9.17, 15) is 43.2 Å². The van der Waals surface area contributed by atoms with Gasteiger partial charge in [0.2, 0.25) is 0 Å². The topological polar surface area (TPSA) is 237 Å². The van der Waals surface area contributed by atoms with Crippen LogP contribution in [-0.2, 0) is 65.4 Å². The van der Waals surface area contributed by atoms with E-state index in [2.05, 4.69) is 55.4 Å². The first-order chi connectivity index (χ1) is 47.1. The standard InChI is InChI=1S/C79H154O17P2/c1-9-72(8)58-50-42-33-27-23-24-30-36-46-54-62-79(84)96-75(66-90-77(82)60-52-44-38-37-41-49-57-71(6)7)68-94-98(87,88)92-64-73(80)63-91-97(85,86)93-67-74(65-89-76(81)59-51-43-34-28-22-18-20-26-32-40-48-56-70(4)5)95-78(83)61-53-45-35-29-21-17-15-13-11-10-12-14-16-19-25-31-39-47-55-69(2)3/h69-75,80H,9-68H2,1-8H3,(H,85,86)(H,87,88)/t72?,73-,74-,75-/m1/s1. The quantitative estimate of drug-likeness (QED) is 0.0222. The molecule has 0 radical (unpaired) electrons. The van der Waals surface area contributed by atoms with E-state index in [0.717, 1.165) is 114 Å². The highest BCUT2D eigenvalue weighted by molar-refractivity contribution is 7.47. The van der Waals surface area contributed by atoms with Gasteiger partial charge in [0.25, 0.3) is 0 Å². The van der Waals surface area contributed by atoms with Gasteiger partial charge >= 0.3 is 39.5 Å². The number of carbonyl (C=O) groups excluding carboxylic acids is 4. The Morgan fingerprint density at radius 2 is 0.490 bits per heavy atom. The number of phosphoric ester groups is 2. The lowest BCUT2D eigenvalue weighted by Gasteiger charge is -2.21. The van der Waals surface area contributed by atoms with Crippen LogP contribution in [0.5, 0.6) is 0 Å². The molecule has 17 nitrogen and oxygen atoms in total. The molecule has 3 unspecified atom stereocenters. The SMILES string of the molecule is CCC(C)CCCCCCCCCCCCC(=O)O[C@H](COC(=O)CCCCCCCCC(C)C)COP(=O)(O)OC[C@H](O)COP(=O)(O)OC[C@@H](COC(=O)CCCCCCCCCCCCCC(C)C)OC(=O)CCCCCCCCCCCCCCCCCCCCC(C)C. The summed E-state index contributed by atoms with van der Waals surface area (Å²) in [6.45, 7) is 14.2. The molecular formula is C79H154O17P2. The molecule has 0 fully saturated rings. The number of aliphatic hydroxyl groups is 1. The van der Waals surface area contributed by atoms with Gasteiger partial charge in [0.05, 0.1) is 26.4 Å². The minimum atomic E-state index is -4.96. The molecule has 0 aromatic rings. The Balaban J connectivity index is 5.21. The molecule has 0 rings (SSSR count). The van der Waals surface area contributed by atoms with Gasteiger partial charge in [0, 0.05) is 25.7 Å². The van der Waals surface area contributed by atoms with Crippen molar-refractivity contribution in [3.05, 3.63) is 0 Å². The summed E-state index contributed by atoms with van der Waals surface area (Å²) in [5, 5.41) is 10.6. The average Bonchev–Trinajstić information content (AvgIpc) is 0.995. The van der Waals surface area contributed by atoms with Gasteiger partial charge in [-0.25, -0.2) is 9.13 Å². The fourth-order valence-electron chi connectivity index (χ4n) is 12.0. The van der Waals surface area contributed by atoms with Crippen molar-refractivity contribution in [2.24, 2.45) is 23.7 Å². The molecule has 0 heterocycles. The van der Waals surface area contributed by atoms with Gasteiger partial charge in [-0.1, -0.05) is 351 Å². The van der Waals surface area contributed by atoms with E-state index in [0.29, 0.717) is 31.6 Å². The molecular weight excluding hydrogens is 1280 g/mol. The van der Waals surface area contributed by atoms with Crippen molar-refractivity contribution in [2.45, 2.75) is 420 Å². The smallest absolute Gasteiger partial charge is 0.462 e. The highest BCUT2D eigenvalue weighted by atomic mass is 31.2. The van der Waals surface area contributed by atoms with Crippen molar-refractivity contribution in [1.82, 2.24) is 0 Å². The summed E-state index contributed by atoms with van der Waals surface area (Å²) in [6, 6.07) is 0. The second kappa shape index (κ2) is 68.2. The molecule has 582 valence electrons. The lowest BCUT2D eigenvalue weighted by atomic mass is 9.99. The molecule has 6 atom stereocenters. The summed E-state index contributed by atoms with van der Waals surface area (Å²) in [5.74, 6) is 0.955. The summed E-state index contributed by atoms with van der Waals surface area (Å²) < 4.78 is 68.6. The van der Waals surface area contributed by atoms with E-state index in [4.69, 9.17) is 37.0 Å². The van der Waals surface area contributed by atoms with Gasteiger partial charge in [0.1, 0.15) is 19.3 Å². The van der Waals surface area contributed by atoms with Crippen LogP contribution in [0.15, 0.2) is 0 Å². The largest absolute Gasteiger partial charge is 0.472 e. The summed E-state index contributed by atoms with van der Waals surface area (Å²) in [7, 11) is -9.92. The number of aliphatic hydroxyl groups excluding tert-OH is 1. The Kier molecular flexibility index (Phi) is 66.8. The Morgan fingerprint density at radius 1 is 0.286 bits per heavy atom. The fraction of sp³-hybridized carbons (Fsp3) is 0.949. The van der Waals surface area contributed by atoms with Crippen LogP contribution in [0.1, 0.15) is 402 Å². The molecule has 0 aromatic carbocycles. The summed E-state index contributed by atoms with van der Waals surface area (Å²) in [4.78, 5) is 72.9. The lowest BCUT2D eigenvalue weighted by molar-refractivity contribution is -0.161. The van der Waals surface area contributed by atoms with Crippen LogP contribution in [0.3, 0.4) is 0 Å².